The van der Waals surface area contributed by atoms with Gasteiger partial charge >= 0.3 is 0 Å². The summed E-state index contributed by atoms with van der Waals surface area (Å²) in [6.45, 7) is 6.54. The lowest BCUT2D eigenvalue weighted by atomic mass is 10.2. The third-order valence-corrected chi connectivity index (χ3v) is 2.83. The normalized spacial score (nSPS) is 9.32. The Morgan fingerprint density at radius 2 is 1.89 bits per heavy atom. The Bertz CT molecular complexity index is 614. The van der Waals surface area contributed by atoms with E-state index in [9.17, 15) is 0 Å². The van der Waals surface area contributed by atoms with Gasteiger partial charge in [0, 0.05) is 5.56 Å². The zero-order valence-electron chi connectivity index (χ0n) is 11.2. The van der Waals surface area contributed by atoms with Crippen LogP contribution in [0.2, 0.25) is 19.6 Å². The second kappa shape index (κ2) is 6.40. The fraction of sp³-hybridized carbons (Fsp3) is 0.214. The molecule has 0 saturated heterocycles. The quantitative estimate of drug-likeness (QED) is 0.387. The molecule has 0 unspecified atom stereocenters. The van der Waals surface area contributed by atoms with E-state index in [2.05, 4.69) is 41.6 Å². The van der Waals surface area contributed by atoms with Crippen LogP contribution in [-0.2, 0) is 0 Å². The number of hydrogen-bond donors (Lipinski definition) is 1. The SMILES string of the molecule is C[Si](C)(C)C#Cc1cccc(NN=C(C#N)C#N)c1. The van der Waals surface area contributed by atoms with Crippen LogP contribution in [-0.4, -0.2) is 13.8 Å². The molecule has 0 aliphatic carbocycles. The Kier molecular flexibility index (Phi) is 4.89. The summed E-state index contributed by atoms with van der Waals surface area (Å²) in [5, 5.41) is 20.8. The smallest absolute Gasteiger partial charge is 0.237 e. The fourth-order valence-electron chi connectivity index (χ4n) is 1.12. The molecule has 0 radical (unpaired) electrons. The molecular formula is C14H14N4Si. The van der Waals surface area contributed by atoms with Crippen molar-refractivity contribution in [3.63, 3.8) is 0 Å². The molecule has 4 nitrogen and oxygen atoms in total. The highest BCUT2D eigenvalue weighted by Crippen LogP contribution is 2.10. The van der Waals surface area contributed by atoms with Gasteiger partial charge in [-0.1, -0.05) is 31.6 Å². The lowest BCUT2D eigenvalue weighted by Gasteiger charge is -2.04. The monoisotopic (exact) mass is 266 g/mol. The van der Waals surface area contributed by atoms with Crippen molar-refractivity contribution < 1.29 is 0 Å². The van der Waals surface area contributed by atoms with E-state index in [1.807, 2.05) is 18.2 Å². The van der Waals surface area contributed by atoms with Crippen LogP contribution in [0.1, 0.15) is 5.56 Å². The van der Waals surface area contributed by atoms with Crippen molar-refractivity contribution in [2.75, 3.05) is 5.43 Å². The maximum absolute atomic E-state index is 8.57. The molecule has 0 heterocycles. The van der Waals surface area contributed by atoms with E-state index in [1.165, 1.54) is 0 Å². The Balaban J connectivity index is 2.90. The van der Waals surface area contributed by atoms with Crippen molar-refractivity contribution >= 4 is 19.5 Å². The molecule has 94 valence electrons. The summed E-state index contributed by atoms with van der Waals surface area (Å²) in [7, 11) is -1.40. The molecular weight excluding hydrogens is 252 g/mol. The number of nitriles is 2. The topological polar surface area (TPSA) is 72.0 Å². The Labute approximate surface area is 114 Å². The molecule has 5 heteroatoms. The second-order valence-electron chi connectivity index (χ2n) is 4.88. The van der Waals surface area contributed by atoms with Gasteiger partial charge in [-0.2, -0.15) is 15.6 Å². The van der Waals surface area contributed by atoms with E-state index >= 15 is 0 Å². The lowest BCUT2D eigenvalue weighted by Crippen LogP contribution is -2.16. The Hall–Kier alpha value is -2.55. The predicted octanol–water partition coefficient (Wildman–Crippen LogP) is 2.73. The first-order valence-corrected chi connectivity index (χ1v) is 9.22. The molecule has 0 aliphatic rings. The average Bonchev–Trinajstić information content (AvgIpc) is 2.37. The number of anilines is 1. The van der Waals surface area contributed by atoms with Gasteiger partial charge in [-0.25, -0.2) is 0 Å². The van der Waals surface area contributed by atoms with Crippen LogP contribution >= 0.6 is 0 Å². The molecule has 1 aromatic rings. The molecule has 0 atom stereocenters. The van der Waals surface area contributed by atoms with Crippen LogP contribution in [0.5, 0.6) is 0 Å². The first-order valence-electron chi connectivity index (χ1n) is 5.72. The number of nitrogens with zero attached hydrogens (tertiary/aromatic N) is 3. The zero-order valence-corrected chi connectivity index (χ0v) is 12.2. The second-order valence-corrected chi connectivity index (χ2v) is 9.63. The highest BCUT2D eigenvalue weighted by atomic mass is 28.3. The van der Waals surface area contributed by atoms with Crippen LogP contribution in [0.4, 0.5) is 5.69 Å². The molecule has 1 rings (SSSR count). The summed E-state index contributed by atoms with van der Waals surface area (Å²) in [5.74, 6) is 3.13. The first kappa shape index (κ1) is 14.5. The predicted molar refractivity (Wildman–Crippen MR) is 78.9 cm³/mol. The number of rotatable bonds is 2. The molecule has 19 heavy (non-hydrogen) atoms. The van der Waals surface area contributed by atoms with E-state index in [-0.39, 0.29) is 5.71 Å². The lowest BCUT2D eigenvalue weighted by molar-refractivity contribution is 1.33. The van der Waals surface area contributed by atoms with Gasteiger partial charge in [-0.3, -0.25) is 5.43 Å². The van der Waals surface area contributed by atoms with Gasteiger partial charge in [0.05, 0.1) is 5.69 Å². The van der Waals surface area contributed by atoms with E-state index < -0.39 is 8.07 Å². The molecule has 0 aliphatic heterocycles. The van der Waals surface area contributed by atoms with Crippen molar-refractivity contribution in [2.24, 2.45) is 5.10 Å². The van der Waals surface area contributed by atoms with Gasteiger partial charge < -0.3 is 0 Å². The van der Waals surface area contributed by atoms with Crippen LogP contribution in [0.25, 0.3) is 0 Å². The maximum atomic E-state index is 8.57. The Morgan fingerprint density at radius 1 is 1.21 bits per heavy atom. The van der Waals surface area contributed by atoms with Crippen LogP contribution < -0.4 is 5.43 Å². The van der Waals surface area contributed by atoms with E-state index in [0.717, 1.165) is 5.56 Å². The zero-order chi connectivity index (χ0) is 14.3. The van der Waals surface area contributed by atoms with Crippen molar-refractivity contribution in [3.05, 3.63) is 29.8 Å². The summed E-state index contributed by atoms with van der Waals surface area (Å²) in [6.07, 6.45) is 0. The Morgan fingerprint density at radius 3 is 2.47 bits per heavy atom. The molecule has 1 N–H and O–H groups in total. The van der Waals surface area contributed by atoms with E-state index in [4.69, 9.17) is 10.5 Å². The van der Waals surface area contributed by atoms with Gasteiger partial charge in [-0.05, 0) is 18.2 Å². The molecule has 0 fully saturated rings. The molecule has 0 aromatic heterocycles. The van der Waals surface area contributed by atoms with Gasteiger partial charge in [0.15, 0.2) is 0 Å². The minimum Gasteiger partial charge on any atom is -0.276 e. The maximum Gasteiger partial charge on any atom is 0.237 e. The summed E-state index contributed by atoms with van der Waals surface area (Å²) < 4.78 is 0. The largest absolute Gasteiger partial charge is 0.276 e. The third-order valence-electron chi connectivity index (χ3n) is 1.95. The molecule has 1 aromatic carbocycles. The van der Waals surface area contributed by atoms with E-state index in [0.29, 0.717) is 5.69 Å². The summed E-state index contributed by atoms with van der Waals surface area (Å²) in [4.78, 5) is 0. The van der Waals surface area contributed by atoms with Crippen molar-refractivity contribution in [1.29, 1.82) is 10.5 Å². The molecule has 0 saturated carbocycles. The summed E-state index contributed by atoms with van der Waals surface area (Å²) >= 11 is 0. The van der Waals surface area contributed by atoms with Crippen molar-refractivity contribution in [1.82, 2.24) is 0 Å². The van der Waals surface area contributed by atoms with Gasteiger partial charge in [0.25, 0.3) is 0 Å². The van der Waals surface area contributed by atoms with Crippen LogP contribution in [0, 0.1) is 34.1 Å². The van der Waals surface area contributed by atoms with Gasteiger partial charge in [-0.15, -0.1) is 5.54 Å². The number of benzene rings is 1. The number of nitrogens with one attached hydrogen (secondary N) is 1. The fourth-order valence-corrected chi connectivity index (χ4v) is 1.64. The minimum absolute atomic E-state index is 0.210. The molecule has 0 amide bonds. The summed E-state index contributed by atoms with van der Waals surface area (Å²) in [5.41, 5.74) is 7.32. The first-order chi connectivity index (χ1) is 8.94. The minimum atomic E-state index is -1.40. The number of hydrazone groups is 1. The van der Waals surface area contributed by atoms with Crippen LogP contribution in [0.3, 0.4) is 0 Å². The highest BCUT2D eigenvalue weighted by Gasteiger charge is 2.07. The van der Waals surface area contributed by atoms with Gasteiger partial charge in [0.1, 0.15) is 20.2 Å². The van der Waals surface area contributed by atoms with Crippen molar-refractivity contribution in [2.45, 2.75) is 19.6 Å². The van der Waals surface area contributed by atoms with Gasteiger partial charge in [0.2, 0.25) is 5.71 Å². The standard InChI is InChI=1S/C14H14N4Si/c1-19(2,3)8-7-12-5-4-6-13(9-12)17-18-14(10-15)11-16/h4-6,9,17H,1-3H3. The average molecular weight is 266 g/mol. The van der Waals surface area contributed by atoms with Crippen LogP contribution in [0.15, 0.2) is 29.4 Å². The molecule has 0 bridgehead atoms. The summed E-state index contributed by atoms with van der Waals surface area (Å²) in [6, 6.07) is 10.8. The highest BCUT2D eigenvalue weighted by molar-refractivity contribution is 6.83. The third kappa shape index (κ3) is 5.54. The molecule has 0 spiro atoms. The number of hydrogen-bond acceptors (Lipinski definition) is 4. The van der Waals surface area contributed by atoms with E-state index in [1.54, 1.807) is 18.2 Å². The van der Waals surface area contributed by atoms with Crippen molar-refractivity contribution in [3.8, 4) is 23.6 Å².